The van der Waals surface area contributed by atoms with Gasteiger partial charge in [-0.2, -0.15) is 0 Å². The normalized spacial score (nSPS) is 12.3. The average molecular weight is 269 g/mol. The topological polar surface area (TPSA) is 66.8 Å². The molecular weight excluding hydrogens is 246 g/mol. The van der Waals surface area contributed by atoms with Crippen LogP contribution in [0.2, 0.25) is 0 Å². The third kappa shape index (κ3) is 6.08. The van der Waals surface area contributed by atoms with E-state index in [1.54, 1.807) is 19.2 Å². The van der Waals surface area contributed by atoms with Crippen molar-refractivity contribution in [2.45, 2.75) is 46.7 Å². The molecule has 1 N–H and O–H groups in total. The lowest BCUT2D eigenvalue weighted by molar-refractivity contribution is -0.143. The number of hydrogen-bond donors (Lipinski definition) is 1. The van der Waals surface area contributed by atoms with Gasteiger partial charge in [-0.1, -0.05) is 0 Å². The lowest BCUT2D eigenvalue weighted by atomic mass is 10.2. The zero-order chi connectivity index (χ0) is 15.0. The Balaban J connectivity index is 4.97. The highest BCUT2D eigenvalue weighted by Gasteiger charge is 2.17. The Morgan fingerprint density at radius 2 is 1.74 bits per heavy atom. The van der Waals surface area contributed by atoms with E-state index in [0.717, 1.165) is 0 Å². The smallest absolute Gasteiger partial charge is 0.345 e. The number of hydrogen-bond acceptors (Lipinski definition) is 4. The van der Waals surface area contributed by atoms with Gasteiger partial charge in [0.25, 0.3) is 0 Å². The van der Waals surface area contributed by atoms with E-state index in [1.807, 2.05) is 27.7 Å². The number of carboxylic acid groups (broad SMARTS) is 1. The molecule has 0 aliphatic carbocycles. The van der Waals surface area contributed by atoms with Gasteiger partial charge in [-0.05, 0) is 53.0 Å². The molecule has 108 valence electrons. The van der Waals surface area contributed by atoms with Crippen molar-refractivity contribution in [3.63, 3.8) is 0 Å². The summed E-state index contributed by atoms with van der Waals surface area (Å²) in [6.45, 7) is 9.94. The SMILES string of the molecule is CCOC(=O)C(=CC=CN(C(C)C)C(C)C)C(=O)O. The minimum atomic E-state index is -1.29. The quantitative estimate of drug-likeness (QED) is 0.252. The third-order valence-electron chi connectivity index (χ3n) is 2.44. The first-order chi connectivity index (χ1) is 8.81. The van der Waals surface area contributed by atoms with Gasteiger partial charge in [0.05, 0.1) is 6.61 Å². The van der Waals surface area contributed by atoms with E-state index in [9.17, 15) is 9.59 Å². The molecule has 0 fully saturated rings. The highest BCUT2D eigenvalue weighted by molar-refractivity contribution is 6.13. The summed E-state index contributed by atoms with van der Waals surface area (Å²) in [5.74, 6) is -2.11. The summed E-state index contributed by atoms with van der Waals surface area (Å²) < 4.78 is 4.68. The number of esters is 1. The van der Waals surface area contributed by atoms with Crippen molar-refractivity contribution in [1.82, 2.24) is 4.90 Å². The zero-order valence-corrected chi connectivity index (χ0v) is 12.2. The fourth-order valence-corrected chi connectivity index (χ4v) is 1.61. The van der Waals surface area contributed by atoms with E-state index in [2.05, 4.69) is 9.64 Å². The Hall–Kier alpha value is -1.78. The molecule has 0 heterocycles. The molecule has 0 aromatic carbocycles. The predicted molar refractivity (Wildman–Crippen MR) is 73.6 cm³/mol. The maximum atomic E-state index is 11.4. The maximum Gasteiger partial charge on any atom is 0.345 e. The van der Waals surface area contributed by atoms with Crippen LogP contribution in [0.25, 0.3) is 0 Å². The van der Waals surface area contributed by atoms with Gasteiger partial charge < -0.3 is 14.7 Å². The average Bonchev–Trinajstić information content (AvgIpc) is 2.27. The molecule has 0 aromatic heterocycles. The van der Waals surface area contributed by atoms with Crippen molar-refractivity contribution in [2.24, 2.45) is 0 Å². The van der Waals surface area contributed by atoms with Crippen molar-refractivity contribution in [3.8, 4) is 0 Å². The lowest BCUT2D eigenvalue weighted by Gasteiger charge is -2.28. The van der Waals surface area contributed by atoms with Crippen LogP contribution in [0.5, 0.6) is 0 Å². The minimum absolute atomic E-state index is 0.150. The molecule has 5 heteroatoms. The Morgan fingerprint density at radius 3 is 2.11 bits per heavy atom. The molecule has 0 atom stereocenters. The first-order valence-corrected chi connectivity index (χ1v) is 6.37. The molecule has 0 aromatic rings. The van der Waals surface area contributed by atoms with Crippen LogP contribution < -0.4 is 0 Å². The van der Waals surface area contributed by atoms with Crippen LogP contribution in [0.4, 0.5) is 0 Å². The van der Waals surface area contributed by atoms with Gasteiger partial charge in [0.1, 0.15) is 5.57 Å². The Kier molecular flexibility index (Phi) is 7.56. The molecule has 0 aliphatic rings. The fourth-order valence-electron chi connectivity index (χ4n) is 1.61. The second-order valence-electron chi connectivity index (χ2n) is 4.58. The molecule has 0 saturated carbocycles. The van der Waals surface area contributed by atoms with Gasteiger partial charge in [-0.15, -0.1) is 0 Å². The van der Waals surface area contributed by atoms with E-state index in [1.165, 1.54) is 6.08 Å². The van der Waals surface area contributed by atoms with Crippen LogP contribution in [0, 0.1) is 0 Å². The van der Waals surface area contributed by atoms with Crippen LogP contribution in [-0.4, -0.2) is 40.6 Å². The number of carbonyl (C=O) groups is 2. The number of aliphatic carboxylic acids is 1. The Bertz CT molecular complexity index is 362. The standard InChI is InChI=1S/C14H23NO4/c1-6-19-14(18)12(13(16)17)8-7-9-15(10(2)3)11(4)5/h7-11H,6H2,1-5H3,(H,16,17). The van der Waals surface area contributed by atoms with Crippen molar-refractivity contribution in [1.29, 1.82) is 0 Å². The van der Waals surface area contributed by atoms with Gasteiger partial charge in [-0.3, -0.25) is 0 Å². The van der Waals surface area contributed by atoms with Gasteiger partial charge in [0.2, 0.25) is 0 Å². The molecule has 0 bridgehead atoms. The summed E-state index contributed by atoms with van der Waals surface area (Å²) in [6.07, 6.45) is 4.59. The van der Waals surface area contributed by atoms with Crippen molar-refractivity contribution >= 4 is 11.9 Å². The summed E-state index contributed by atoms with van der Waals surface area (Å²) in [5.41, 5.74) is -0.370. The second kappa shape index (κ2) is 8.34. The monoisotopic (exact) mass is 269 g/mol. The highest BCUT2D eigenvalue weighted by Crippen LogP contribution is 2.06. The summed E-state index contributed by atoms with van der Waals surface area (Å²) in [6, 6.07) is 0.584. The van der Waals surface area contributed by atoms with Gasteiger partial charge in [0.15, 0.2) is 0 Å². The van der Waals surface area contributed by atoms with E-state index < -0.39 is 11.9 Å². The van der Waals surface area contributed by atoms with Crippen molar-refractivity contribution in [3.05, 3.63) is 23.9 Å². The van der Waals surface area contributed by atoms with Crippen LogP contribution in [0.1, 0.15) is 34.6 Å². The molecule has 0 amide bonds. The van der Waals surface area contributed by atoms with Gasteiger partial charge in [0, 0.05) is 12.1 Å². The first kappa shape index (κ1) is 17.2. The molecule has 0 radical (unpaired) electrons. The largest absolute Gasteiger partial charge is 0.477 e. The van der Waals surface area contributed by atoms with E-state index in [0.29, 0.717) is 12.1 Å². The molecule has 0 spiro atoms. The van der Waals surface area contributed by atoms with E-state index in [-0.39, 0.29) is 12.2 Å². The summed E-state index contributed by atoms with van der Waals surface area (Å²) in [5, 5.41) is 8.94. The molecule has 0 rings (SSSR count). The van der Waals surface area contributed by atoms with Gasteiger partial charge in [-0.25, -0.2) is 9.59 Å². The molecule has 0 unspecified atom stereocenters. The Labute approximate surface area is 114 Å². The summed E-state index contributed by atoms with van der Waals surface area (Å²) in [4.78, 5) is 24.4. The molecule has 0 aliphatic heterocycles. The third-order valence-corrected chi connectivity index (χ3v) is 2.44. The lowest BCUT2D eigenvalue weighted by Crippen LogP contribution is -2.31. The zero-order valence-electron chi connectivity index (χ0n) is 12.2. The van der Waals surface area contributed by atoms with E-state index in [4.69, 9.17) is 5.11 Å². The van der Waals surface area contributed by atoms with Crippen LogP contribution in [-0.2, 0) is 14.3 Å². The van der Waals surface area contributed by atoms with E-state index >= 15 is 0 Å². The van der Waals surface area contributed by atoms with Crippen LogP contribution in [0.15, 0.2) is 23.9 Å². The maximum absolute atomic E-state index is 11.4. The first-order valence-electron chi connectivity index (χ1n) is 6.37. The summed E-state index contributed by atoms with van der Waals surface area (Å²) >= 11 is 0. The van der Waals surface area contributed by atoms with Crippen LogP contribution >= 0.6 is 0 Å². The molecular formula is C14H23NO4. The number of carbonyl (C=O) groups excluding carboxylic acids is 1. The molecule has 19 heavy (non-hydrogen) atoms. The fraction of sp³-hybridized carbons (Fsp3) is 0.571. The number of allylic oxidation sites excluding steroid dienone is 2. The highest BCUT2D eigenvalue weighted by atomic mass is 16.5. The number of carboxylic acids is 1. The summed E-state index contributed by atoms with van der Waals surface area (Å²) in [7, 11) is 0. The Morgan fingerprint density at radius 1 is 1.21 bits per heavy atom. The van der Waals surface area contributed by atoms with Crippen molar-refractivity contribution in [2.75, 3.05) is 6.61 Å². The van der Waals surface area contributed by atoms with Crippen LogP contribution in [0.3, 0.4) is 0 Å². The molecule has 5 nitrogen and oxygen atoms in total. The predicted octanol–water partition coefficient (Wildman–Crippen LogP) is 2.19. The van der Waals surface area contributed by atoms with Crippen molar-refractivity contribution < 1.29 is 19.4 Å². The number of ether oxygens (including phenoxy) is 1. The number of rotatable bonds is 7. The van der Waals surface area contributed by atoms with Gasteiger partial charge >= 0.3 is 11.9 Å². The molecule has 0 saturated heterocycles. The number of nitrogens with zero attached hydrogens (tertiary/aromatic N) is 1. The second-order valence-corrected chi connectivity index (χ2v) is 4.58. The minimum Gasteiger partial charge on any atom is -0.477 e.